The van der Waals surface area contributed by atoms with Gasteiger partial charge < -0.3 is 24.6 Å². The van der Waals surface area contributed by atoms with Crippen LogP contribution in [0.5, 0.6) is 17.2 Å². The number of hydrogen-bond acceptors (Lipinski definition) is 10. The smallest absolute Gasteiger partial charge is 0.298 e. The minimum absolute atomic E-state index is 0.111. The molecular weight excluding hydrogens is 522 g/mol. The Morgan fingerprint density at radius 1 is 1.12 bits per heavy atom. The highest BCUT2D eigenvalue weighted by Gasteiger charge is 2.35. The fourth-order valence-electron chi connectivity index (χ4n) is 5.17. The lowest BCUT2D eigenvalue weighted by molar-refractivity contribution is -0.128. The maximum atomic E-state index is 12.5. The van der Waals surface area contributed by atoms with Gasteiger partial charge in [-0.05, 0) is 49.6 Å². The number of pyridine rings is 2. The molecule has 2 aliphatic rings. The highest BCUT2D eigenvalue weighted by Crippen LogP contribution is 2.36. The third kappa shape index (κ3) is 4.57. The molecule has 2 aliphatic heterocycles. The molecule has 1 saturated heterocycles. The molecular formula is C29H25N9O3. The second-order valence-corrected chi connectivity index (χ2v) is 9.82. The first-order valence-electron chi connectivity index (χ1n) is 13.2. The molecule has 204 valence electrons. The molecule has 5 aromatic rings. The Kier molecular flexibility index (Phi) is 5.96. The number of carbonyl (C=O) groups is 1. The summed E-state index contributed by atoms with van der Waals surface area (Å²) in [6, 6.07) is 11.3. The lowest BCUT2D eigenvalue weighted by atomic mass is 10.1. The molecule has 1 atom stereocenters. The minimum atomic E-state index is -0.176. The molecule has 2 bridgehead atoms. The number of aryl methyl sites for hydroxylation is 1. The van der Waals surface area contributed by atoms with Gasteiger partial charge in [0.1, 0.15) is 36.3 Å². The van der Waals surface area contributed by atoms with Gasteiger partial charge in [-0.2, -0.15) is 5.10 Å². The van der Waals surface area contributed by atoms with Crippen LogP contribution in [-0.4, -0.2) is 72.6 Å². The first-order valence-corrected chi connectivity index (χ1v) is 13.2. The topological polar surface area (TPSA) is 123 Å². The van der Waals surface area contributed by atoms with Crippen LogP contribution in [0.4, 0.5) is 17.3 Å². The van der Waals surface area contributed by atoms with Crippen molar-refractivity contribution in [3.63, 3.8) is 0 Å². The number of piperazine rings is 1. The second kappa shape index (κ2) is 9.95. The lowest BCUT2D eigenvalue weighted by Crippen LogP contribution is -2.56. The Morgan fingerprint density at radius 2 is 2.05 bits per heavy atom. The number of ether oxygens (including phenoxy) is 2. The third-order valence-corrected chi connectivity index (χ3v) is 7.18. The lowest BCUT2D eigenvalue weighted by Gasteiger charge is -2.38. The van der Waals surface area contributed by atoms with Crippen LogP contribution in [0.15, 0.2) is 55.2 Å². The van der Waals surface area contributed by atoms with Gasteiger partial charge in [0.2, 0.25) is 0 Å². The fraction of sp³-hybridized carbons (Fsp3) is 0.241. The van der Waals surface area contributed by atoms with E-state index in [1.54, 1.807) is 16.3 Å². The van der Waals surface area contributed by atoms with Crippen LogP contribution < -0.4 is 19.7 Å². The van der Waals surface area contributed by atoms with Crippen molar-refractivity contribution in [3.8, 4) is 29.1 Å². The van der Waals surface area contributed by atoms with Gasteiger partial charge in [0.05, 0.1) is 11.6 Å². The van der Waals surface area contributed by atoms with Gasteiger partial charge in [0, 0.05) is 43.7 Å². The van der Waals surface area contributed by atoms with Gasteiger partial charge in [0.25, 0.3) is 5.91 Å². The zero-order valence-electron chi connectivity index (χ0n) is 22.4. The van der Waals surface area contributed by atoms with Crippen LogP contribution in [0.2, 0.25) is 0 Å². The standard InChI is InChI=1S/C29H25N9O3/c1-3-4-26(39)37-10-9-36-14-20(37)15-40-24-13-22-27(35-29(24)36)28(32-16-30-22)34-19-5-6-23(18(2)11-19)41-21-7-8-38-25(12-21)31-17-33-38/h5-8,11-13,16-17,20H,9-10,14-15H2,1-2H3,(H,30,32,34). The minimum Gasteiger partial charge on any atom is -0.487 e. The summed E-state index contributed by atoms with van der Waals surface area (Å²) in [5, 5.41) is 7.51. The zero-order valence-corrected chi connectivity index (χ0v) is 22.4. The number of nitrogens with one attached hydrogen (secondary N) is 1. The highest BCUT2D eigenvalue weighted by atomic mass is 16.5. The zero-order chi connectivity index (χ0) is 27.9. The van der Waals surface area contributed by atoms with Crippen LogP contribution in [0, 0.1) is 18.8 Å². The van der Waals surface area contributed by atoms with Crippen LogP contribution in [-0.2, 0) is 4.79 Å². The molecule has 0 spiro atoms. The number of aromatic nitrogens is 6. The van der Waals surface area contributed by atoms with Crippen molar-refractivity contribution in [2.45, 2.75) is 19.9 Å². The normalized spacial score (nSPS) is 15.9. The van der Waals surface area contributed by atoms with Crippen molar-refractivity contribution in [2.75, 3.05) is 36.5 Å². The first kappa shape index (κ1) is 24.6. The Bertz CT molecular complexity index is 1880. The molecule has 41 heavy (non-hydrogen) atoms. The predicted molar refractivity (Wildman–Crippen MR) is 152 cm³/mol. The molecule has 1 unspecified atom stereocenters. The molecule has 4 aromatic heterocycles. The number of anilines is 3. The van der Waals surface area contributed by atoms with Crippen molar-refractivity contribution >= 4 is 39.9 Å². The van der Waals surface area contributed by atoms with E-state index < -0.39 is 0 Å². The second-order valence-electron chi connectivity index (χ2n) is 9.82. The van der Waals surface area contributed by atoms with Gasteiger partial charge in [0.15, 0.2) is 23.0 Å². The van der Waals surface area contributed by atoms with Gasteiger partial charge in [-0.1, -0.05) is 5.92 Å². The summed E-state index contributed by atoms with van der Waals surface area (Å²) in [6.45, 7) is 5.81. The molecule has 6 heterocycles. The maximum absolute atomic E-state index is 12.5. The van der Waals surface area contributed by atoms with Crippen molar-refractivity contribution in [3.05, 3.63) is 60.8 Å². The van der Waals surface area contributed by atoms with E-state index in [1.165, 1.54) is 12.7 Å². The Balaban J connectivity index is 1.14. The number of rotatable bonds is 4. The average Bonchev–Trinajstić information content (AvgIpc) is 3.40. The van der Waals surface area contributed by atoms with Crippen molar-refractivity contribution in [1.82, 2.24) is 34.4 Å². The summed E-state index contributed by atoms with van der Waals surface area (Å²) in [4.78, 5) is 34.5. The molecule has 12 nitrogen and oxygen atoms in total. The quantitative estimate of drug-likeness (QED) is 0.335. The Hall–Kier alpha value is -5.44. The number of amides is 1. The molecule has 12 heteroatoms. The van der Waals surface area contributed by atoms with Crippen LogP contribution >= 0.6 is 0 Å². The average molecular weight is 548 g/mol. The number of nitrogens with zero attached hydrogens (tertiary/aromatic N) is 8. The SMILES string of the molecule is CC#CC(=O)N1CCN2CC1COc1cc3ncnc(Nc4ccc(Oc5ccn6ncnc6c5)c(C)c4)c3nc12. The number of benzene rings is 1. The van der Waals surface area contributed by atoms with Crippen molar-refractivity contribution < 1.29 is 14.3 Å². The van der Waals surface area contributed by atoms with Gasteiger partial charge in [-0.25, -0.2) is 24.5 Å². The summed E-state index contributed by atoms with van der Waals surface area (Å²) >= 11 is 0. The molecule has 1 aromatic carbocycles. The Morgan fingerprint density at radius 3 is 2.93 bits per heavy atom. The van der Waals surface area contributed by atoms with E-state index in [9.17, 15) is 4.79 Å². The highest BCUT2D eigenvalue weighted by molar-refractivity contribution is 5.94. The van der Waals surface area contributed by atoms with Crippen molar-refractivity contribution in [2.24, 2.45) is 0 Å². The molecule has 0 saturated carbocycles. The summed E-state index contributed by atoms with van der Waals surface area (Å²) in [7, 11) is 0. The van der Waals surface area contributed by atoms with E-state index in [4.69, 9.17) is 14.5 Å². The summed E-state index contributed by atoms with van der Waals surface area (Å²) < 4.78 is 13.9. The Labute approximate surface area is 235 Å². The van der Waals surface area contributed by atoms with Gasteiger partial charge in [-0.15, -0.1) is 0 Å². The maximum Gasteiger partial charge on any atom is 0.298 e. The van der Waals surface area contributed by atoms with Crippen LogP contribution in [0.3, 0.4) is 0 Å². The van der Waals surface area contributed by atoms with Gasteiger partial charge in [-0.3, -0.25) is 4.79 Å². The molecule has 7 rings (SSSR count). The monoisotopic (exact) mass is 547 g/mol. The van der Waals surface area contributed by atoms with Crippen molar-refractivity contribution in [1.29, 1.82) is 0 Å². The fourth-order valence-corrected chi connectivity index (χ4v) is 5.17. The van der Waals surface area contributed by atoms with Crippen LogP contribution in [0.25, 0.3) is 16.7 Å². The predicted octanol–water partition coefficient (Wildman–Crippen LogP) is 3.34. The third-order valence-electron chi connectivity index (χ3n) is 7.18. The van der Waals surface area contributed by atoms with E-state index >= 15 is 0 Å². The summed E-state index contributed by atoms with van der Waals surface area (Å²) in [6.07, 6.45) is 4.81. The molecule has 0 aliphatic carbocycles. The van der Waals surface area contributed by atoms with E-state index in [-0.39, 0.29) is 11.9 Å². The number of carbonyl (C=O) groups excluding carboxylic acids is 1. The first-order chi connectivity index (χ1) is 20.1. The largest absolute Gasteiger partial charge is 0.487 e. The van der Waals surface area contributed by atoms with E-state index in [0.717, 1.165) is 22.8 Å². The van der Waals surface area contributed by atoms with E-state index in [1.807, 2.05) is 49.5 Å². The summed E-state index contributed by atoms with van der Waals surface area (Å²) in [5.41, 5.74) is 3.77. The molecule has 1 N–H and O–H groups in total. The van der Waals surface area contributed by atoms with Gasteiger partial charge >= 0.3 is 0 Å². The number of fused-ring (bicyclic) bond motifs is 6. The molecule has 1 fully saturated rings. The number of hydrogen-bond donors (Lipinski definition) is 1. The van der Waals surface area contributed by atoms with Crippen LogP contribution in [0.1, 0.15) is 12.5 Å². The molecule has 1 amide bonds. The van der Waals surface area contributed by atoms with E-state index in [2.05, 4.69) is 42.1 Å². The molecule has 0 radical (unpaired) electrons. The summed E-state index contributed by atoms with van der Waals surface area (Å²) in [5.74, 6) is 8.51. The van der Waals surface area contributed by atoms with E-state index in [0.29, 0.717) is 60.2 Å².